The van der Waals surface area contributed by atoms with Gasteiger partial charge in [-0.1, -0.05) is 53.5 Å². The summed E-state index contributed by atoms with van der Waals surface area (Å²) in [7, 11) is 0. The van der Waals surface area contributed by atoms with E-state index in [2.05, 4.69) is 10.5 Å². The Hall–Kier alpha value is -2.56. The summed E-state index contributed by atoms with van der Waals surface area (Å²) < 4.78 is 5.68. The molecule has 0 fully saturated rings. The lowest BCUT2D eigenvalue weighted by atomic mass is 10.0. The van der Waals surface area contributed by atoms with Gasteiger partial charge in [-0.2, -0.15) is 5.10 Å². The van der Waals surface area contributed by atoms with E-state index < -0.39 is 5.91 Å². The van der Waals surface area contributed by atoms with Crippen LogP contribution in [0.3, 0.4) is 0 Å². The normalized spacial score (nSPS) is 11.0. The van der Waals surface area contributed by atoms with Crippen molar-refractivity contribution in [3.63, 3.8) is 0 Å². The Morgan fingerprint density at radius 1 is 1.15 bits per heavy atom. The lowest BCUT2D eigenvalue weighted by Crippen LogP contribution is -2.18. The molecule has 0 atom stereocenters. The monoisotopic (exact) mass is 386 g/mol. The average molecular weight is 387 g/mol. The van der Waals surface area contributed by atoms with Crippen LogP contribution in [0.1, 0.15) is 22.8 Å². The van der Waals surface area contributed by atoms with Crippen LogP contribution in [0, 0.1) is 0 Å². The fourth-order valence-electron chi connectivity index (χ4n) is 2.58. The Morgan fingerprint density at radius 2 is 1.96 bits per heavy atom. The highest BCUT2D eigenvalue weighted by molar-refractivity contribution is 6.36. The number of ether oxygens (including phenoxy) is 1. The number of carbonyl (C=O) groups is 1. The molecule has 0 heterocycles. The van der Waals surface area contributed by atoms with Crippen molar-refractivity contribution in [3.05, 3.63) is 75.8 Å². The molecule has 0 unspecified atom stereocenters. The molecule has 0 bridgehead atoms. The largest absolute Gasteiger partial charge is 0.493 e. The van der Waals surface area contributed by atoms with Gasteiger partial charge in [0.2, 0.25) is 0 Å². The number of amides is 1. The fourth-order valence-corrected chi connectivity index (χ4v) is 3.07. The highest BCUT2D eigenvalue weighted by Crippen LogP contribution is 2.26. The maximum atomic E-state index is 12.3. The smallest absolute Gasteiger partial charge is 0.272 e. The maximum absolute atomic E-state index is 12.3. The van der Waals surface area contributed by atoms with Crippen molar-refractivity contribution in [2.75, 3.05) is 6.61 Å². The molecule has 0 spiro atoms. The number of nitrogens with zero attached hydrogens (tertiary/aromatic N) is 1. The zero-order valence-electron chi connectivity index (χ0n) is 14.0. The van der Waals surface area contributed by atoms with Crippen LogP contribution in [0.5, 0.6) is 5.75 Å². The molecule has 6 heteroatoms. The van der Waals surface area contributed by atoms with Crippen molar-refractivity contribution in [3.8, 4) is 5.75 Å². The van der Waals surface area contributed by atoms with E-state index in [4.69, 9.17) is 27.9 Å². The van der Waals surface area contributed by atoms with Gasteiger partial charge in [0.15, 0.2) is 0 Å². The summed E-state index contributed by atoms with van der Waals surface area (Å²) in [4.78, 5) is 12.3. The summed E-state index contributed by atoms with van der Waals surface area (Å²) in [5.74, 6) is 0.287. The second-order valence-corrected chi connectivity index (χ2v) is 6.30. The van der Waals surface area contributed by atoms with Crippen LogP contribution in [0.2, 0.25) is 10.0 Å². The third-order valence-electron chi connectivity index (χ3n) is 3.77. The first-order chi connectivity index (χ1) is 12.6. The molecule has 1 N–H and O–H groups in total. The van der Waals surface area contributed by atoms with E-state index >= 15 is 0 Å². The van der Waals surface area contributed by atoms with Gasteiger partial charge >= 0.3 is 0 Å². The predicted molar refractivity (Wildman–Crippen MR) is 107 cm³/mol. The Kier molecular flexibility index (Phi) is 5.76. The third kappa shape index (κ3) is 3.98. The molecule has 0 aliphatic rings. The van der Waals surface area contributed by atoms with E-state index in [-0.39, 0.29) is 5.02 Å². The minimum absolute atomic E-state index is 0.269. The van der Waals surface area contributed by atoms with Crippen LogP contribution in [0.25, 0.3) is 10.8 Å². The SMILES string of the molecule is CCOc1ccc2ccccc2c1/C=N\NC(=O)c1ccc(Cl)cc1Cl. The van der Waals surface area contributed by atoms with Gasteiger partial charge in [0.25, 0.3) is 5.91 Å². The molecular weight excluding hydrogens is 371 g/mol. The fraction of sp³-hybridized carbons (Fsp3) is 0.100. The summed E-state index contributed by atoms with van der Waals surface area (Å²) in [6.07, 6.45) is 1.58. The molecule has 26 heavy (non-hydrogen) atoms. The van der Waals surface area contributed by atoms with Gasteiger partial charge in [-0.25, -0.2) is 5.43 Å². The second-order valence-electron chi connectivity index (χ2n) is 5.45. The number of benzene rings is 3. The molecule has 0 aromatic heterocycles. The molecule has 0 saturated heterocycles. The Balaban J connectivity index is 1.88. The van der Waals surface area contributed by atoms with Gasteiger partial charge in [0.05, 0.1) is 23.4 Å². The number of fused-ring (bicyclic) bond motifs is 1. The van der Waals surface area contributed by atoms with E-state index in [0.717, 1.165) is 16.3 Å². The van der Waals surface area contributed by atoms with E-state index in [1.165, 1.54) is 6.07 Å². The first-order valence-electron chi connectivity index (χ1n) is 8.03. The third-order valence-corrected chi connectivity index (χ3v) is 4.31. The van der Waals surface area contributed by atoms with E-state index in [0.29, 0.717) is 22.9 Å². The van der Waals surface area contributed by atoms with Gasteiger partial charge in [-0.3, -0.25) is 4.79 Å². The van der Waals surface area contributed by atoms with Crippen molar-refractivity contribution < 1.29 is 9.53 Å². The van der Waals surface area contributed by atoms with Crippen molar-refractivity contribution >= 4 is 46.1 Å². The van der Waals surface area contributed by atoms with Crippen LogP contribution in [0.4, 0.5) is 0 Å². The summed E-state index contributed by atoms with van der Waals surface area (Å²) in [5.41, 5.74) is 3.59. The zero-order valence-corrected chi connectivity index (χ0v) is 15.5. The molecule has 132 valence electrons. The van der Waals surface area contributed by atoms with E-state index in [1.54, 1.807) is 18.3 Å². The summed E-state index contributed by atoms with van der Waals surface area (Å²) >= 11 is 11.9. The Labute approximate surface area is 161 Å². The topological polar surface area (TPSA) is 50.7 Å². The Bertz CT molecular complexity index is 987. The highest BCUT2D eigenvalue weighted by Gasteiger charge is 2.10. The van der Waals surface area contributed by atoms with Crippen LogP contribution in [-0.4, -0.2) is 18.7 Å². The van der Waals surface area contributed by atoms with Gasteiger partial charge in [-0.05, 0) is 42.0 Å². The van der Waals surface area contributed by atoms with Gasteiger partial charge in [0, 0.05) is 10.6 Å². The molecule has 3 aromatic carbocycles. The predicted octanol–water partition coefficient (Wildman–Crippen LogP) is 5.31. The molecule has 0 aliphatic carbocycles. The summed E-state index contributed by atoms with van der Waals surface area (Å²) in [6.45, 7) is 2.45. The lowest BCUT2D eigenvalue weighted by molar-refractivity contribution is 0.0955. The van der Waals surface area contributed by atoms with Crippen LogP contribution < -0.4 is 10.2 Å². The number of halogens is 2. The minimum atomic E-state index is -0.416. The average Bonchev–Trinajstić information content (AvgIpc) is 2.63. The van der Waals surface area contributed by atoms with Gasteiger partial charge in [-0.15, -0.1) is 0 Å². The minimum Gasteiger partial charge on any atom is -0.493 e. The van der Waals surface area contributed by atoms with E-state index in [9.17, 15) is 4.79 Å². The second kappa shape index (κ2) is 8.21. The quantitative estimate of drug-likeness (QED) is 0.477. The molecule has 0 radical (unpaired) electrons. The molecular formula is C20H16Cl2N2O2. The molecule has 3 aromatic rings. The van der Waals surface area contributed by atoms with Crippen molar-refractivity contribution in [2.24, 2.45) is 5.10 Å². The molecule has 3 rings (SSSR count). The first kappa shape index (κ1) is 18.2. The summed E-state index contributed by atoms with van der Waals surface area (Å²) in [6, 6.07) is 16.5. The zero-order chi connectivity index (χ0) is 18.5. The molecule has 0 saturated carbocycles. The van der Waals surface area contributed by atoms with Gasteiger partial charge in [0.1, 0.15) is 5.75 Å². The number of nitrogens with one attached hydrogen (secondary N) is 1. The first-order valence-corrected chi connectivity index (χ1v) is 8.78. The number of rotatable bonds is 5. The van der Waals surface area contributed by atoms with Crippen molar-refractivity contribution in [1.29, 1.82) is 0 Å². The van der Waals surface area contributed by atoms with Gasteiger partial charge < -0.3 is 4.74 Å². The van der Waals surface area contributed by atoms with Crippen LogP contribution in [0.15, 0.2) is 59.7 Å². The standard InChI is InChI=1S/C20H16Cl2N2O2/c1-2-26-19-10-7-13-5-3-4-6-15(13)17(19)12-23-24-20(25)16-9-8-14(21)11-18(16)22/h3-12H,2H2,1H3,(H,24,25)/b23-12-. The molecule has 1 amide bonds. The van der Waals surface area contributed by atoms with Crippen LogP contribution in [-0.2, 0) is 0 Å². The summed E-state index contributed by atoms with van der Waals surface area (Å²) in [5, 5.41) is 6.86. The lowest BCUT2D eigenvalue weighted by Gasteiger charge is -2.10. The Morgan fingerprint density at radius 3 is 2.73 bits per heavy atom. The molecule has 4 nitrogen and oxygen atoms in total. The number of carbonyl (C=O) groups excluding carboxylic acids is 1. The van der Waals surface area contributed by atoms with Crippen molar-refractivity contribution in [2.45, 2.75) is 6.92 Å². The van der Waals surface area contributed by atoms with E-state index in [1.807, 2.05) is 43.3 Å². The number of hydrogen-bond donors (Lipinski definition) is 1. The molecule has 0 aliphatic heterocycles. The maximum Gasteiger partial charge on any atom is 0.272 e. The number of hydrogen-bond acceptors (Lipinski definition) is 3. The van der Waals surface area contributed by atoms with Crippen LogP contribution >= 0.6 is 23.2 Å². The number of hydrazone groups is 1. The highest BCUT2D eigenvalue weighted by atomic mass is 35.5. The van der Waals surface area contributed by atoms with Crippen molar-refractivity contribution in [1.82, 2.24) is 5.43 Å².